The summed E-state index contributed by atoms with van der Waals surface area (Å²) in [5, 5.41) is 2.84. The van der Waals surface area contributed by atoms with Gasteiger partial charge in [-0.2, -0.15) is 11.8 Å². The van der Waals surface area contributed by atoms with E-state index in [-0.39, 0.29) is 22.8 Å². The molecule has 2 nitrogen and oxygen atoms in total. The van der Waals surface area contributed by atoms with Crippen LogP contribution in [0.5, 0.6) is 0 Å². The summed E-state index contributed by atoms with van der Waals surface area (Å²) < 4.78 is 25.9. The lowest BCUT2D eigenvalue weighted by atomic mass is 10.2. The average molecular weight is 321 g/mol. The Morgan fingerprint density at radius 1 is 1.14 bits per heavy atom. The third-order valence-corrected chi connectivity index (χ3v) is 4.36. The predicted octanol–water partition coefficient (Wildman–Crippen LogP) is 4.79. The number of amides is 1. The van der Waals surface area contributed by atoms with Gasteiger partial charge in [0.1, 0.15) is 11.6 Å². The Hall–Kier alpha value is -1.88. The summed E-state index contributed by atoms with van der Waals surface area (Å²) in [5.41, 5.74) is 1.48. The van der Waals surface area contributed by atoms with Crippen LogP contribution in [-0.2, 0) is 4.79 Å². The van der Waals surface area contributed by atoms with Crippen molar-refractivity contribution in [3.63, 3.8) is 0 Å². The molecule has 22 heavy (non-hydrogen) atoms. The number of benzene rings is 2. The number of hydrogen-bond donors (Lipinski definition) is 1. The van der Waals surface area contributed by atoms with Crippen LogP contribution in [0.1, 0.15) is 24.2 Å². The van der Waals surface area contributed by atoms with Gasteiger partial charge in [-0.3, -0.25) is 4.79 Å². The monoisotopic (exact) mass is 321 g/mol. The Morgan fingerprint density at radius 2 is 1.86 bits per heavy atom. The number of hydrogen-bond acceptors (Lipinski definition) is 2. The summed E-state index contributed by atoms with van der Waals surface area (Å²) in [6.45, 7) is 2.02. The Morgan fingerprint density at radius 3 is 2.55 bits per heavy atom. The van der Waals surface area contributed by atoms with Crippen molar-refractivity contribution in [1.82, 2.24) is 0 Å². The number of nitrogens with one attached hydrogen (secondary N) is 1. The van der Waals surface area contributed by atoms with Crippen molar-refractivity contribution in [1.29, 1.82) is 0 Å². The number of rotatable bonds is 6. The number of anilines is 1. The van der Waals surface area contributed by atoms with Crippen LogP contribution in [0.25, 0.3) is 0 Å². The van der Waals surface area contributed by atoms with Gasteiger partial charge in [0.15, 0.2) is 0 Å². The summed E-state index contributed by atoms with van der Waals surface area (Å²) in [6.07, 6.45) is 0.340. The van der Waals surface area contributed by atoms with Gasteiger partial charge in [-0.05, 0) is 42.8 Å². The van der Waals surface area contributed by atoms with Crippen molar-refractivity contribution in [3.8, 4) is 0 Å². The molecule has 2 rings (SSSR count). The third kappa shape index (κ3) is 5.15. The van der Waals surface area contributed by atoms with Crippen LogP contribution in [0.2, 0.25) is 0 Å². The fourth-order valence-electron chi connectivity index (χ4n) is 1.95. The van der Waals surface area contributed by atoms with E-state index in [1.165, 1.54) is 24.3 Å². The molecule has 0 spiro atoms. The molecule has 0 aliphatic heterocycles. The fraction of sp³-hybridized carbons (Fsp3) is 0.235. The highest BCUT2D eigenvalue weighted by molar-refractivity contribution is 7.99. The van der Waals surface area contributed by atoms with Gasteiger partial charge < -0.3 is 5.32 Å². The van der Waals surface area contributed by atoms with Crippen LogP contribution in [-0.4, -0.2) is 11.7 Å². The van der Waals surface area contributed by atoms with Gasteiger partial charge in [-0.1, -0.05) is 18.2 Å². The highest BCUT2D eigenvalue weighted by atomic mass is 32.2. The minimum absolute atomic E-state index is 0.149. The highest BCUT2D eigenvalue weighted by Crippen LogP contribution is 2.28. The third-order valence-electron chi connectivity index (χ3n) is 3.14. The SMILES string of the molecule is CC(SCCC(=O)Nc1cccc(F)c1)c1ccc(F)cc1. The van der Waals surface area contributed by atoms with E-state index in [0.717, 1.165) is 5.56 Å². The van der Waals surface area contributed by atoms with Crippen molar-refractivity contribution in [2.75, 3.05) is 11.1 Å². The topological polar surface area (TPSA) is 29.1 Å². The van der Waals surface area contributed by atoms with Gasteiger partial charge in [0, 0.05) is 23.1 Å². The molecule has 0 aliphatic rings. The Bertz CT molecular complexity index is 631. The quantitative estimate of drug-likeness (QED) is 0.829. The minimum Gasteiger partial charge on any atom is -0.326 e. The summed E-state index contributed by atoms with van der Waals surface area (Å²) in [5.74, 6) is -0.142. The molecule has 0 heterocycles. The molecule has 0 aliphatic carbocycles. The molecule has 116 valence electrons. The van der Waals surface area contributed by atoms with E-state index in [0.29, 0.717) is 17.9 Å². The van der Waals surface area contributed by atoms with Crippen LogP contribution in [0.15, 0.2) is 48.5 Å². The molecular weight excluding hydrogens is 304 g/mol. The zero-order valence-electron chi connectivity index (χ0n) is 12.2. The van der Waals surface area contributed by atoms with Gasteiger partial charge in [-0.15, -0.1) is 0 Å². The smallest absolute Gasteiger partial charge is 0.225 e. The van der Waals surface area contributed by atoms with Crippen molar-refractivity contribution in [3.05, 3.63) is 65.7 Å². The molecule has 5 heteroatoms. The number of halogens is 2. The van der Waals surface area contributed by atoms with Crippen molar-refractivity contribution in [2.24, 2.45) is 0 Å². The molecule has 1 unspecified atom stereocenters. The second kappa shape index (κ2) is 7.94. The maximum Gasteiger partial charge on any atom is 0.225 e. The van der Waals surface area contributed by atoms with Gasteiger partial charge in [0.2, 0.25) is 5.91 Å². The summed E-state index contributed by atoms with van der Waals surface area (Å²) in [7, 11) is 0. The first-order chi connectivity index (χ1) is 10.5. The highest BCUT2D eigenvalue weighted by Gasteiger charge is 2.08. The van der Waals surface area contributed by atoms with Gasteiger partial charge in [0.25, 0.3) is 0 Å². The van der Waals surface area contributed by atoms with Gasteiger partial charge in [0.05, 0.1) is 0 Å². The Labute approximate surface area is 132 Å². The first kappa shape index (κ1) is 16.5. The molecular formula is C17H17F2NOS. The lowest BCUT2D eigenvalue weighted by Gasteiger charge is -2.11. The summed E-state index contributed by atoms with van der Waals surface area (Å²) in [4.78, 5) is 11.8. The zero-order chi connectivity index (χ0) is 15.9. The first-order valence-corrected chi connectivity index (χ1v) is 8.02. The van der Waals surface area contributed by atoms with Crippen LogP contribution >= 0.6 is 11.8 Å². The molecule has 0 bridgehead atoms. The molecule has 2 aromatic rings. The van der Waals surface area contributed by atoms with Crippen LogP contribution in [0, 0.1) is 11.6 Å². The van der Waals surface area contributed by atoms with Crippen molar-refractivity contribution in [2.45, 2.75) is 18.6 Å². The predicted molar refractivity (Wildman–Crippen MR) is 86.9 cm³/mol. The number of carbonyl (C=O) groups is 1. The van der Waals surface area contributed by atoms with E-state index in [9.17, 15) is 13.6 Å². The molecule has 0 saturated heterocycles. The van der Waals surface area contributed by atoms with E-state index < -0.39 is 0 Å². The van der Waals surface area contributed by atoms with E-state index in [1.54, 1.807) is 36.0 Å². The first-order valence-electron chi connectivity index (χ1n) is 6.97. The fourth-order valence-corrected chi connectivity index (χ4v) is 2.95. The van der Waals surface area contributed by atoms with E-state index in [2.05, 4.69) is 5.32 Å². The number of carbonyl (C=O) groups excluding carboxylic acids is 1. The zero-order valence-corrected chi connectivity index (χ0v) is 13.0. The lowest BCUT2D eigenvalue weighted by Crippen LogP contribution is -2.12. The normalized spacial score (nSPS) is 12.0. The standard InChI is InChI=1S/C17H17F2NOS/c1-12(13-5-7-14(18)8-6-13)22-10-9-17(21)20-16-4-2-3-15(19)11-16/h2-8,11-12H,9-10H2,1H3,(H,20,21). The number of thioether (sulfide) groups is 1. The van der Waals surface area contributed by atoms with Crippen molar-refractivity contribution < 1.29 is 13.6 Å². The van der Waals surface area contributed by atoms with Crippen LogP contribution in [0.4, 0.5) is 14.5 Å². The Kier molecular flexibility index (Phi) is 5.95. The lowest BCUT2D eigenvalue weighted by molar-refractivity contribution is -0.115. The summed E-state index contributed by atoms with van der Waals surface area (Å²) >= 11 is 1.62. The Balaban J connectivity index is 1.76. The molecule has 1 N–H and O–H groups in total. The molecule has 1 amide bonds. The maximum absolute atomic E-state index is 13.0. The second-order valence-electron chi connectivity index (χ2n) is 4.87. The van der Waals surface area contributed by atoms with Crippen LogP contribution in [0.3, 0.4) is 0 Å². The largest absolute Gasteiger partial charge is 0.326 e. The minimum atomic E-state index is -0.378. The van der Waals surface area contributed by atoms with E-state index in [1.807, 2.05) is 6.92 Å². The van der Waals surface area contributed by atoms with Gasteiger partial charge >= 0.3 is 0 Å². The molecule has 0 aromatic heterocycles. The second-order valence-corrected chi connectivity index (χ2v) is 6.32. The van der Waals surface area contributed by atoms with E-state index >= 15 is 0 Å². The van der Waals surface area contributed by atoms with Crippen LogP contribution < -0.4 is 5.32 Å². The summed E-state index contributed by atoms with van der Waals surface area (Å²) in [6, 6.07) is 12.2. The molecule has 0 radical (unpaired) electrons. The van der Waals surface area contributed by atoms with E-state index in [4.69, 9.17) is 0 Å². The molecule has 0 fully saturated rings. The molecule has 2 aromatic carbocycles. The molecule has 1 atom stereocenters. The van der Waals surface area contributed by atoms with Crippen molar-refractivity contribution >= 4 is 23.4 Å². The average Bonchev–Trinajstić information content (AvgIpc) is 2.47. The maximum atomic E-state index is 13.0. The molecule has 0 saturated carbocycles. The van der Waals surface area contributed by atoms with Gasteiger partial charge in [-0.25, -0.2) is 8.78 Å².